The third-order valence-corrected chi connectivity index (χ3v) is 5.75. The van der Waals surface area contributed by atoms with Crippen LogP contribution in [0.5, 0.6) is 0 Å². The van der Waals surface area contributed by atoms with Crippen LogP contribution in [-0.4, -0.2) is 18.6 Å². The fraction of sp³-hybridized carbons (Fsp3) is 0.625. The number of halogens is 1. The van der Waals surface area contributed by atoms with Gasteiger partial charge >= 0.3 is 0 Å². The molecule has 0 bridgehead atoms. The number of rotatable bonds is 0. The zero-order valence-electron chi connectivity index (χ0n) is 11.2. The van der Waals surface area contributed by atoms with Crippen LogP contribution in [0.4, 0.5) is 11.4 Å². The van der Waals surface area contributed by atoms with Gasteiger partial charge in [-0.15, -0.1) is 0 Å². The fourth-order valence-corrected chi connectivity index (χ4v) is 4.73. The van der Waals surface area contributed by atoms with Crippen LogP contribution < -0.4 is 10.2 Å². The van der Waals surface area contributed by atoms with Crippen molar-refractivity contribution in [1.29, 1.82) is 0 Å². The molecule has 2 fully saturated rings. The summed E-state index contributed by atoms with van der Waals surface area (Å²) >= 11 is 3.64. The lowest BCUT2D eigenvalue weighted by atomic mass is 9.75. The molecule has 3 aliphatic rings. The summed E-state index contributed by atoms with van der Waals surface area (Å²) in [4.78, 5) is 2.77. The molecule has 3 atom stereocenters. The summed E-state index contributed by atoms with van der Waals surface area (Å²) in [5, 5.41) is 3.62. The Hall–Kier alpha value is -0.700. The fourth-order valence-electron chi connectivity index (χ4n) is 4.38. The molecule has 3 heteroatoms. The van der Waals surface area contributed by atoms with Crippen molar-refractivity contribution in [2.45, 2.75) is 50.6 Å². The normalized spacial score (nSPS) is 32.9. The maximum Gasteiger partial charge on any atom is 0.0619 e. The highest BCUT2D eigenvalue weighted by Gasteiger charge is 2.40. The van der Waals surface area contributed by atoms with Crippen molar-refractivity contribution in [3.8, 4) is 0 Å². The molecule has 1 aliphatic carbocycles. The van der Waals surface area contributed by atoms with Crippen molar-refractivity contribution in [2.75, 3.05) is 16.8 Å². The highest BCUT2D eigenvalue weighted by molar-refractivity contribution is 9.10. The Kier molecular flexibility index (Phi) is 2.98. The quantitative estimate of drug-likeness (QED) is 0.762. The summed E-state index contributed by atoms with van der Waals surface area (Å²) in [6.45, 7) is 1.12. The molecule has 0 amide bonds. The summed E-state index contributed by atoms with van der Waals surface area (Å²) in [6.07, 6.45) is 8.51. The van der Waals surface area contributed by atoms with Crippen LogP contribution in [0, 0.1) is 5.92 Å². The molecule has 1 aromatic carbocycles. The number of hydrogen-bond acceptors (Lipinski definition) is 2. The second-order valence-corrected chi connectivity index (χ2v) is 7.21. The van der Waals surface area contributed by atoms with Gasteiger partial charge in [-0.3, -0.25) is 0 Å². The third-order valence-electron chi connectivity index (χ3n) is 5.26. The molecule has 0 radical (unpaired) electrons. The SMILES string of the molecule is Brc1ccc2c(c1)N1C(CCC3CCCCC31)CN2. The molecule has 19 heavy (non-hydrogen) atoms. The van der Waals surface area contributed by atoms with Gasteiger partial charge < -0.3 is 10.2 Å². The van der Waals surface area contributed by atoms with E-state index in [9.17, 15) is 0 Å². The van der Waals surface area contributed by atoms with Crippen LogP contribution in [0.1, 0.15) is 38.5 Å². The zero-order chi connectivity index (χ0) is 12.8. The minimum Gasteiger partial charge on any atom is -0.381 e. The lowest BCUT2D eigenvalue weighted by molar-refractivity contribution is 0.215. The third kappa shape index (κ3) is 1.97. The van der Waals surface area contributed by atoms with Crippen LogP contribution in [0.25, 0.3) is 0 Å². The van der Waals surface area contributed by atoms with Gasteiger partial charge in [-0.1, -0.05) is 28.8 Å². The van der Waals surface area contributed by atoms with Crippen molar-refractivity contribution in [1.82, 2.24) is 0 Å². The topological polar surface area (TPSA) is 15.3 Å². The van der Waals surface area contributed by atoms with E-state index in [0.717, 1.165) is 18.5 Å². The summed E-state index contributed by atoms with van der Waals surface area (Å²) < 4.78 is 1.20. The Morgan fingerprint density at radius 1 is 1.11 bits per heavy atom. The predicted molar refractivity (Wildman–Crippen MR) is 83.9 cm³/mol. The van der Waals surface area contributed by atoms with Crippen LogP contribution >= 0.6 is 15.9 Å². The van der Waals surface area contributed by atoms with E-state index in [0.29, 0.717) is 6.04 Å². The molecule has 3 unspecified atom stereocenters. The number of benzene rings is 1. The lowest BCUT2D eigenvalue weighted by Gasteiger charge is -2.52. The molecule has 1 aromatic rings. The first kappa shape index (κ1) is 12.1. The molecule has 1 saturated heterocycles. The molecule has 2 aliphatic heterocycles. The van der Waals surface area contributed by atoms with E-state index in [1.165, 1.54) is 54.4 Å². The van der Waals surface area contributed by atoms with Crippen LogP contribution in [0.15, 0.2) is 22.7 Å². The maximum atomic E-state index is 3.64. The Balaban J connectivity index is 1.75. The Bertz CT molecular complexity index is 488. The summed E-state index contributed by atoms with van der Waals surface area (Å²) in [5.74, 6) is 0.940. The van der Waals surface area contributed by atoms with Gasteiger partial charge in [0.2, 0.25) is 0 Å². The second-order valence-electron chi connectivity index (χ2n) is 6.29. The molecule has 4 rings (SSSR count). The summed E-state index contributed by atoms with van der Waals surface area (Å²) in [5.41, 5.74) is 2.76. The molecular formula is C16H21BrN2. The molecule has 2 heterocycles. The highest BCUT2D eigenvalue weighted by atomic mass is 79.9. The Morgan fingerprint density at radius 2 is 2.00 bits per heavy atom. The van der Waals surface area contributed by atoms with Gasteiger partial charge in [-0.05, 0) is 49.8 Å². The number of anilines is 2. The first-order chi connectivity index (χ1) is 9.33. The standard InChI is InChI=1S/C16H21BrN2/c17-12-6-8-14-16(9-12)19-13(10-18-14)7-5-11-3-1-2-4-15(11)19/h6,8-9,11,13,15,18H,1-5,7,10H2. The minimum atomic E-state index is 0.709. The van der Waals surface area contributed by atoms with Gasteiger partial charge in [0.15, 0.2) is 0 Å². The van der Waals surface area contributed by atoms with Gasteiger partial charge in [0.05, 0.1) is 11.4 Å². The smallest absolute Gasteiger partial charge is 0.0619 e. The van der Waals surface area contributed by atoms with Crippen molar-refractivity contribution < 1.29 is 0 Å². The van der Waals surface area contributed by atoms with Gasteiger partial charge in [0.25, 0.3) is 0 Å². The van der Waals surface area contributed by atoms with E-state index >= 15 is 0 Å². The van der Waals surface area contributed by atoms with E-state index in [2.05, 4.69) is 44.3 Å². The average molecular weight is 321 g/mol. The summed E-state index contributed by atoms with van der Waals surface area (Å²) in [7, 11) is 0. The molecule has 0 aromatic heterocycles. The van der Waals surface area contributed by atoms with E-state index in [-0.39, 0.29) is 0 Å². The van der Waals surface area contributed by atoms with Gasteiger partial charge in [-0.2, -0.15) is 0 Å². The van der Waals surface area contributed by atoms with Crippen LogP contribution in [-0.2, 0) is 0 Å². The molecule has 102 valence electrons. The summed E-state index contributed by atoms with van der Waals surface area (Å²) in [6, 6.07) is 8.19. The number of nitrogens with one attached hydrogen (secondary N) is 1. The predicted octanol–water partition coefficient (Wildman–Crippen LogP) is 4.40. The van der Waals surface area contributed by atoms with Crippen LogP contribution in [0.3, 0.4) is 0 Å². The maximum absolute atomic E-state index is 3.64. The molecule has 0 spiro atoms. The minimum absolute atomic E-state index is 0.709. The van der Waals surface area contributed by atoms with Crippen molar-refractivity contribution >= 4 is 27.3 Å². The van der Waals surface area contributed by atoms with Crippen molar-refractivity contribution in [2.24, 2.45) is 5.92 Å². The lowest BCUT2D eigenvalue weighted by Crippen LogP contribution is -2.56. The first-order valence-electron chi connectivity index (χ1n) is 7.65. The number of hydrogen-bond donors (Lipinski definition) is 1. The van der Waals surface area contributed by atoms with E-state index in [1.54, 1.807) is 0 Å². The molecule has 1 N–H and O–H groups in total. The Labute approximate surface area is 123 Å². The van der Waals surface area contributed by atoms with Gasteiger partial charge in [0.1, 0.15) is 0 Å². The van der Waals surface area contributed by atoms with E-state index in [4.69, 9.17) is 0 Å². The van der Waals surface area contributed by atoms with E-state index < -0.39 is 0 Å². The Morgan fingerprint density at radius 3 is 2.95 bits per heavy atom. The zero-order valence-corrected chi connectivity index (χ0v) is 12.8. The first-order valence-corrected chi connectivity index (χ1v) is 8.44. The largest absolute Gasteiger partial charge is 0.381 e. The number of nitrogens with zero attached hydrogens (tertiary/aromatic N) is 1. The molecule has 1 saturated carbocycles. The second kappa shape index (κ2) is 4.69. The highest BCUT2D eigenvalue weighted by Crippen LogP contribution is 2.45. The molecular weight excluding hydrogens is 300 g/mol. The van der Waals surface area contributed by atoms with Crippen LogP contribution in [0.2, 0.25) is 0 Å². The molecule has 2 nitrogen and oxygen atoms in total. The van der Waals surface area contributed by atoms with Gasteiger partial charge in [-0.25, -0.2) is 0 Å². The van der Waals surface area contributed by atoms with Crippen molar-refractivity contribution in [3.05, 3.63) is 22.7 Å². The average Bonchev–Trinajstić information content (AvgIpc) is 2.46. The monoisotopic (exact) mass is 320 g/mol. The number of piperidine rings is 1. The van der Waals surface area contributed by atoms with E-state index in [1.807, 2.05) is 0 Å². The van der Waals surface area contributed by atoms with Gasteiger partial charge in [0, 0.05) is 23.1 Å². The number of fused-ring (bicyclic) bond motifs is 5. The van der Waals surface area contributed by atoms with Crippen molar-refractivity contribution in [3.63, 3.8) is 0 Å².